The molecular formula is C25H36F3N5OS. The van der Waals surface area contributed by atoms with E-state index < -0.39 is 12.6 Å². The number of alkyl halides is 3. The number of hydrogen-bond donors (Lipinski definition) is 1. The number of nitrogens with zero attached hydrogens (tertiary/aromatic N) is 4. The van der Waals surface area contributed by atoms with Crippen LogP contribution in [0, 0.1) is 12.8 Å². The van der Waals surface area contributed by atoms with Gasteiger partial charge in [-0.25, -0.2) is 4.98 Å². The van der Waals surface area contributed by atoms with Crippen LogP contribution in [0.25, 0.3) is 0 Å². The van der Waals surface area contributed by atoms with E-state index >= 15 is 0 Å². The monoisotopic (exact) mass is 511 g/mol. The molecule has 1 aliphatic carbocycles. The molecule has 1 N–H and O–H groups in total. The van der Waals surface area contributed by atoms with E-state index in [0.29, 0.717) is 18.9 Å². The van der Waals surface area contributed by atoms with Gasteiger partial charge in [0.1, 0.15) is 0 Å². The van der Waals surface area contributed by atoms with Crippen molar-refractivity contribution in [3.8, 4) is 0 Å². The fourth-order valence-electron chi connectivity index (χ4n) is 5.24. The highest BCUT2D eigenvalue weighted by Gasteiger charge is 2.27. The van der Waals surface area contributed by atoms with Gasteiger partial charge in [0.05, 0.1) is 17.1 Å². The van der Waals surface area contributed by atoms with Crippen LogP contribution in [0.1, 0.15) is 66.1 Å². The van der Waals surface area contributed by atoms with E-state index in [0.717, 1.165) is 73.7 Å². The van der Waals surface area contributed by atoms with Crippen LogP contribution >= 0.6 is 11.3 Å². The third kappa shape index (κ3) is 8.31. The molecule has 2 aliphatic rings. The smallest absolute Gasteiger partial charge is 0.353 e. The van der Waals surface area contributed by atoms with Crippen LogP contribution in [0.2, 0.25) is 0 Å². The molecule has 0 saturated heterocycles. The molecule has 0 aromatic carbocycles. The normalized spacial score (nSPS) is 21.5. The van der Waals surface area contributed by atoms with Gasteiger partial charge in [0.2, 0.25) is 5.91 Å². The van der Waals surface area contributed by atoms with Gasteiger partial charge in [0.25, 0.3) is 0 Å². The van der Waals surface area contributed by atoms with E-state index in [9.17, 15) is 18.0 Å². The molecule has 0 radical (unpaired) electrons. The van der Waals surface area contributed by atoms with Crippen LogP contribution < -0.4 is 5.32 Å². The number of halogens is 3. The second kappa shape index (κ2) is 11.9. The number of aryl methyl sites for hydroxylation is 2. The molecule has 3 heterocycles. The van der Waals surface area contributed by atoms with Crippen molar-refractivity contribution in [2.24, 2.45) is 5.92 Å². The van der Waals surface area contributed by atoms with Crippen molar-refractivity contribution in [3.05, 3.63) is 33.5 Å². The molecule has 10 heteroatoms. The lowest BCUT2D eigenvalue weighted by molar-refractivity contribution is -0.136. The predicted octanol–water partition coefficient (Wildman–Crippen LogP) is 4.70. The van der Waals surface area contributed by atoms with E-state index in [1.807, 2.05) is 13.1 Å². The zero-order valence-corrected chi connectivity index (χ0v) is 21.3. The largest absolute Gasteiger partial charge is 0.389 e. The quantitative estimate of drug-likeness (QED) is 0.530. The first kappa shape index (κ1) is 26.1. The summed E-state index contributed by atoms with van der Waals surface area (Å²) in [6.07, 6.45) is 6.74. The van der Waals surface area contributed by atoms with Gasteiger partial charge in [-0.3, -0.25) is 9.48 Å². The van der Waals surface area contributed by atoms with Crippen molar-refractivity contribution in [2.75, 3.05) is 19.6 Å². The number of hydrogen-bond acceptors (Lipinski definition) is 5. The van der Waals surface area contributed by atoms with Gasteiger partial charge in [-0.15, -0.1) is 11.3 Å². The highest BCUT2D eigenvalue weighted by atomic mass is 32.1. The van der Waals surface area contributed by atoms with Crippen molar-refractivity contribution in [1.29, 1.82) is 0 Å². The minimum absolute atomic E-state index is 0.0773. The van der Waals surface area contributed by atoms with Crippen molar-refractivity contribution in [2.45, 2.75) is 89.9 Å². The van der Waals surface area contributed by atoms with E-state index in [1.54, 1.807) is 22.2 Å². The summed E-state index contributed by atoms with van der Waals surface area (Å²) in [4.78, 5) is 20.1. The zero-order valence-electron chi connectivity index (χ0n) is 20.4. The van der Waals surface area contributed by atoms with Crippen molar-refractivity contribution in [1.82, 2.24) is 25.0 Å². The second-order valence-electron chi connectivity index (χ2n) is 10.0. The fraction of sp³-hybridized carbons (Fsp3) is 0.720. The third-order valence-electron chi connectivity index (χ3n) is 7.20. The Bertz CT molecular complexity index is 939. The Labute approximate surface area is 209 Å². The molecule has 0 unspecified atom stereocenters. The topological polar surface area (TPSA) is 63.1 Å². The molecule has 6 nitrogen and oxygen atoms in total. The number of aromatic nitrogens is 3. The lowest BCUT2D eigenvalue weighted by Crippen LogP contribution is -2.39. The first-order valence-corrected chi connectivity index (χ1v) is 13.6. The summed E-state index contributed by atoms with van der Waals surface area (Å²) in [7, 11) is 0. The molecule has 194 valence electrons. The Morgan fingerprint density at radius 1 is 1.17 bits per heavy atom. The molecule has 1 amide bonds. The summed E-state index contributed by atoms with van der Waals surface area (Å²) >= 11 is 1.58. The second-order valence-corrected chi connectivity index (χ2v) is 11.3. The average molecular weight is 512 g/mol. The highest BCUT2D eigenvalue weighted by molar-refractivity contribution is 7.11. The van der Waals surface area contributed by atoms with Crippen LogP contribution in [-0.4, -0.2) is 57.4 Å². The Morgan fingerprint density at radius 3 is 2.66 bits per heavy atom. The van der Waals surface area contributed by atoms with Gasteiger partial charge >= 0.3 is 6.18 Å². The van der Waals surface area contributed by atoms with Crippen LogP contribution in [0.15, 0.2) is 12.4 Å². The molecule has 4 rings (SSSR count). The van der Waals surface area contributed by atoms with E-state index in [-0.39, 0.29) is 18.4 Å². The molecule has 0 spiro atoms. The molecule has 0 atom stereocenters. The Hall–Kier alpha value is -1.94. The van der Waals surface area contributed by atoms with Crippen molar-refractivity contribution < 1.29 is 18.0 Å². The molecule has 2 aromatic rings. The zero-order chi connectivity index (χ0) is 24.8. The Kier molecular flexibility index (Phi) is 8.86. The summed E-state index contributed by atoms with van der Waals surface area (Å²) in [5.74, 6) is 0.805. The molecule has 35 heavy (non-hydrogen) atoms. The average Bonchev–Trinajstić information content (AvgIpc) is 3.33. The number of rotatable bonds is 9. The standard InChI is InChI=1S/C25H36F3N5OS/c1-18-29-16-22(35-18)15-24(34)30-21-5-3-19(4-6-21)7-12-32-13-8-20-17-33(31-23(20)9-14-32)11-2-10-25(26,27)28/h16-17,19,21H,2-15H2,1H3,(H,30,34)/t19-,21-. The van der Waals surface area contributed by atoms with Crippen LogP contribution in [0.4, 0.5) is 13.2 Å². The highest BCUT2D eigenvalue weighted by Crippen LogP contribution is 2.28. The minimum Gasteiger partial charge on any atom is -0.353 e. The first-order chi connectivity index (χ1) is 16.7. The number of nitrogens with one attached hydrogen (secondary N) is 1. The Morgan fingerprint density at radius 2 is 1.94 bits per heavy atom. The van der Waals surface area contributed by atoms with Crippen LogP contribution in [0.3, 0.4) is 0 Å². The summed E-state index contributed by atoms with van der Waals surface area (Å²) in [5, 5.41) is 8.76. The van der Waals surface area contributed by atoms with Gasteiger partial charge < -0.3 is 10.2 Å². The molecule has 2 aromatic heterocycles. The van der Waals surface area contributed by atoms with Crippen LogP contribution in [0.5, 0.6) is 0 Å². The molecule has 0 bridgehead atoms. The number of carbonyl (C=O) groups excluding carboxylic acids is 1. The van der Waals surface area contributed by atoms with Gasteiger partial charge in [-0.05, 0) is 69.9 Å². The third-order valence-corrected chi connectivity index (χ3v) is 8.12. The lowest BCUT2D eigenvalue weighted by atomic mass is 9.84. The summed E-state index contributed by atoms with van der Waals surface area (Å²) in [6.45, 7) is 5.28. The summed E-state index contributed by atoms with van der Waals surface area (Å²) in [6, 6.07) is 0.286. The molecule has 1 aliphatic heterocycles. The van der Waals surface area contributed by atoms with E-state index in [2.05, 4.69) is 20.3 Å². The molecule has 1 fully saturated rings. The maximum Gasteiger partial charge on any atom is 0.389 e. The van der Waals surface area contributed by atoms with E-state index in [4.69, 9.17) is 0 Å². The number of carbonyl (C=O) groups is 1. The number of fused-ring (bicyclic) bond motifs is 1. The number of thiazole rings is 1. The summed E-state index contributed by atoms with van der Waals surface area (Å²) in [5.41, 5.74) is 2.23. The lowest BCUT2D eigenvalue weighted by Gasteiger charge is -2.30. The van der Waals surface area contributed by atoms with Gasteiger partial charge in [0.15, 0.2) is 0 Å². The van der Waals surface area contributed by atoms with Crippen LogP contribution in [-0.2, 0) is 30.6 Å². The minimum atomic E-state index is -4.10. The van der Waals surface area contributed by atoms with Crippen molar-refractivity contribution in [3.63, 3.8) is 0 Å². The van der Waals surface area contributed by atoms with Gasteiger partial charge in [-0.1, -0.05) is 0 Å². The summed E-state index contributed by atoms with van der Waals surface area (Å²) < 4.78 is 38.8. The SMILES string of the molecule is Cc1ncc(CC(=O)N[C@H]2CC[C@H](CCN3CCc4cn(CCCC(F)(F)F)nc4CC3)CC2)s1. The molecule has 1 saturated carbocycles. The van der Waals surface area contributed by atoms with Gasteiger partial charge in [0, 0.05) is 55.8 Å². The fourth-order valence-corrected chi connectivity index (χ4v) is 6.03. The number of amides is 1. The predicted molar refractivity (Wildman–Crippen MR) is 130 cm³/mol. The maximum atomic E-state index is 12.4. The molecular weight excluding hydrogens is 475 g/mol. The van der Waals surface area contributed by atoms with E-state index in [1.165, 1.54) is 12.0 Å². The maximum absolute atomic E-state index is 12.4. The van der Waals surface area contributed by atoms with Gasteiger partial charge in [-0.2, -0.15) is 18.3 Å². The first-order valence-electron chi connectivity index (χ1n) is 12.8. The van der Waals surface area contributed by atoms with Crippen molar-refractivity contribution >= 4 is 17.2 Å². The Balaban J connectivity index is 1.12.